The number of rotatable bonds is 15. The minimum Gasteiger partial charge on any atom is -0.497 e. The highest BCUT2D eigenvalue weighted by molar-refractivity contribution is 6.10. The molecular formula is C46H44N2O8. The highest BCUT2D eigenvalue weighted by Crippen LogP contribution is 2.48. The van der Waals surface area contributed by atoms with E-state index in [-0.39, 0.29) is 44.4 Å². The normalized spacial score (nSPS) is 15.3. The van der Waals surface area contributed by atoms with Gasteiger partial charge in [0, 0.05) is 42.9 Å². The number of para-hydroxylation sites is 1. The third kappa shape index (κ3) is 8.01. The van der Waals surface area contributed by atoms with Crippen LogP contribution in [0.5, 0.6) is 11.5 Å². The van der Waals surface area contributed by atoms with Gasteiger partial charge in [0.1, 0.15) is 28.9 Å². The zero-order chi connectivity index (χ0) is 39.2. The number of hydrogen-bond acceptors (Lipinski definition) is 8. The second-order valence-electron chi connectivity index (χ2n) is 13.8. The second-order valence-corrected chi connectivity index (χ2v) is 13.8. The third-order valence-electron chi connectivity index (χ3n) is 10.1. The van der Waals surface area contributed by atoms with E-state index in [0.29, 0.717) is 46.1 Å². The lowest BCUT2D eigenvalue weighted by Crippen LogP contribution is -2.53. The van der Waals surface area contributed by atoms with E-state index in [4.69, 9.17) is 18.6 Å². The number of amides is 2. The van der Waals surface area contributed by atoms with Crippen LogP contribution in [0, 0.1) is 0 Å². The van der Waals surface area contributed by atoms with Crippen LogP contribution in [0.1, 0.15) is 53.1 Å². The van der Waals surface area contributed by atoms with E-state index in [1.807, 2.05) is 91.0 Å². The summed E-state index contributed by atoms with van der Waals surface area (Å²) >= 11 is 0. The number of carbonyl (C=O) groups is 3. The fourth-order valence-corrected chi connectivity index (χ4v) is 7.53. The topological polar surface area (TPSA) is 119 Å². The summed E-state index contributed by atoms with van der Waals surface area (Å²) in [6, 6.07) is 33.9. The van der Waals surface area contributed by atoms with Crippen molar-refractivity contribution in [2.45, 2.75) is 50.9 Å². The molecule has 0 fully saturated rings. The van der Waals surface area contributed by atoms with Gasteiger partial charge in [-0.05, 0) is 70.9 Å². The van der Waals surface area contributed by atoms with Gasteiger partial charge in [0.2, 0.25) is 5.91 Å². The number of ether oxygens (including phenoxy) is 3. The van der Waals surface area contributed by atoms with E-state index in [9.17, 15) is 14.7 Å². The maximum absolute atomic E-state index is 15.1. The third-order valence-corrected chi connectivity index (χ3v) is 10.1. The minimum absolute atomic E-state index is 0.0216. The van der Waals surface area contributed by atoms with Crippen LogP contribution in [0.2, 0.25) is 0 Å². The second kappa shape index (κ2) is 17.0. The van der Waals surface area contributed by atoms with Gasteiger partial charge in [0.15, 0.2) is 0 Å². The van der Waals surface area contributed by atoms with Crippen molar-refractivity contribution in [1.82, 2.24) is 4.90 Å². The fourth-order valence-electron chi connectivity index (χ4n) is 7.53. The van der Waals surface area contributed by atoms with E-state index in [0.717, 1.165) is 21.7 Å². The van der Waals surface area contributed by atoms with E-state index < -0.39 is 24.2 Å². The molecule has 10 heteroatoms. The molecule has 6 aromatic rings. The molecule has 56 heavy (non-hydrogen) atoms. The van der Waals surface area contributed by atoms with E-state index in [2.05, 4.69) is 6.58 Å². The number of hydrogen-bond donors (Lipinski definition) is 1. The Morgan fingerprint density at radius 1 is 0.893 bits per heavy atom. The quantitative estimate of drug-likeness (QED) is 0.0634. The van der Waals surface area contributed by atoms with Crippen LogP contribution in [-0.2, 0) is 27.3 Å². The molecule has 7 rings (SSSR count). The number of benzene rings is 5. The van der Waals surface area contributed by atoms with Crippen molar-refractivity contribution in [2.24, 2.45) is 0 Å². The van der Waals surface area contributed by atoms with Crippen molar-refractivity contribution in [3.05, 3.63) is 150 Å². The smallest absolute Gasteiger partial charge is 0.302 e. The molecule has 2 amide bonds. The molecule has 1 aliphatic rings. The first kappa shape index (κ1) is 37.9. The maximum atomic E-state index is 15.1. The summed E-state index contributed by atoms with van der Waals surface area (Å²) in [6.07, 6.45) is 1.38. The van der Waals surface area contributed by atoms with Gasteiger partial charge in [-0.25, -0.2) is 0 Å². The van der Waals surface area contributed by atoms with Crippen LogP contribution >= 0.6 is 0 Å². The molecule has 2 heterocycles. The molecule has 3 atom stereocenters. The average molecular weight is 753 g/mol. The van der Waals surface area contributed by atoms with E-state index in [1.165, 1.54) is 6.92 Å². The molecule has 0 saturated heterocycles. The van der Waals surface area contributed by atoms with Gasteiger partial charge in [-0.1, -0.05) is 66.7 Å². The molecule has 286 valence electrons. The molecule has 0 spiro atoms. The summed E-state index contributed by atoms with van der Waals surface area (Å²) in [7, 11) is 1.59. The largest absolute Gasteiger partial charge is 0.497 e. The van der Waals surface area contributed by atoms with Crippen molar-refractivity contribution in [2.75, 3.05) is 25.2 Å². The van der Waals surface area contributed by atoms with Crippen molar-refractivity contribution >= 4 is 45.2 Å². The highest BCUT2D eigenvalue weighted by atomic mass is 16.5. The Hall–Kier alpha value is -6.39. The highest BCUT2D eigenvalue weighted by Gasteiger charge is 2.51. The van der Waals surface area contributed by atoms with Gasteiger partial charge in [-0.15, -0.1) is 6.58 Å². The summed E-state index contributed by atoms with van der Waals surface area (Å²) < 4.78 is 23.8. The number of furan rings is 1. The molecule has 1 unspecified atom stereocenters. The standard InChI is InChI=1S/C46H44N2O8/c1-4-10-42(55-30(2)50)45-44(47(29-38-27-34-13-7-8-14-41(34)56-38)43(51)25-31-15-19-36(53-3)20-16-31)39-28-37(54-24-9-23-49)21-22-40(39)48(45)46(52)35-18-17-32-11-5-6-12-33(32)26-35/h4-8,11-22,26-28,42,44-45,49H,1,9-10,23-25,29H2,2-3H3/t42?,44-,45+/m0/s1. The van der Waals surface area contributed by atoms with Gasteiger partial charge in [-0.3, -0.25) is 19.3 Å². The SMILES string of the molecule is C=CCC(OC(C)=O)[C@@H]1[C@@H](N(Cc2cc3ccccc3o2)C(=O)Cc2ccc(OC)cc2)c2cc(OCCCO)ccc2N1C(=O)c1ccc2ccccc2c1. The number of methoxy groups -OCH3 is 1. The minimum atomic E-state index is -0.905. The first-order valence-electron chi connectivity index (χ1n) is 18.7. The fraction of sp³-hybridized carbons (Fsp3) is 0.239. The van der Waals surface area contributed by atoms with Crippen LogP contribution in [0.3, 0.4) is 0 Å². The summed E-state index contributed by atoms with van der Waals surface area (Å²) in [5.74, 6) is 0.590. The molecular weight excluding hydrogens is 709 g/mol. The van der Waals surface area contributed by atoms with Crippen LogP contribution in [0.4, 0.5) is 5.69 Å². The van der Waals surface area contributed by atoms with Gasteiger partial charge in [0.05, 0.1) is 44.5 Å². The number of fused-ring (bicyclic) bond motifs is 3. The number of aliphatic hydroxyl groups is 1. The Kier molecular flexibility index (Phi) is 11.5. The average Bonchev–Trinajstić information content (AvgIpc) is 3.78. The van der Waals surface area contributed by atoms with Gasteiger partial charge >= 0.3 is 5.97 Å². The van der Waals surface area contributed by atoms with Crippen LogP contribution < -0.4 is 14.4 Å². The zero-order valence-corrected chi connectivity index (χ0v) is 31.4. The lowest BCUT2D eigenvalue weighted by molar-refractivity contribution is -0.148. The Labute approximate surface area is 325 Å². The van der Waals surface area contributed by atoms with Crippen LogP contribution in [0.15, 0.2) is 132 Å². The Bertz CT molecular complexity index is 2330. The summed E-state index contributed by atoms with van der Waals surface area (Å²) in [6.45, 7) is 5.56. The molecule has 1 aliphatic heterocycles. The number of anilines is 1. The van der Waals surface area contributed by atoms with Crippen LogP contribution in [-0.4, -0.2) is 60.3 Å². The number of aliphatic hydroxyl groups excluding tert-OH is 1. The first-order valence-corrected chi connectivity index (χ1v) is 18.7. The Balaban J connectivity index is 1.42. The molecule has 0 radical (unpaired) electrons. The number of esters is 1. The lowest BCUT2D eigenvalue weighted by Gasteiger charge is -2.39. The molecule has 10 nitrogen and oxygen atoms in total. The molecule has 0 bridgehead atoms. The first-order chi connectivity index (χ1) is 27.3. The number of carbonyl (C=O) groups excluding carboxylic acids is 3. The van der Waals surface area contributed by atoms with Gasteiger partial charge < -0.3 is 28.6 Å². The van der Waals surface area contributed by atoms with Crippen LogP contribution in [0.25, 0.3) is 21.7 Å². The van der Waals surface area contributed by atoms with Crippen molar-refractivity contribution in [1.29, 1.82) is 0 Å². The summed E-state index contributed by atoms with van der Waals surface area (Å²) in [4.78, 5) is 46.3. The van der Waals surface area contributed by atoms with Crippen molar-refractivity contribution < 1.29 is 38.1 Å². The van der Waals surface area contributed by atoms with E-state index in [1.54, 1.807) is 47.3 Å². The Morgan fingerprint density at radius 2 is 1.62 bits per heavy atom. The molecule has 5 aromatic carbocycles. The maximum Gasteiger partial charge on any atom is 0.302 e. The zero-order valence-electron chi connectivity index (χ0n) is 31.4. The van der Waals surface area contributed by atoms with Gasteiger partial charge in [0.25, 0.3) is 5.91 Å². The van der Waals surface area contributed by atoms with Gasteiger partial charge in [-0.2, -0.15) is 0 Å². The molecule has 1 aromatic heterocycles. The number of nitrogens with zero attached hydrogens (tertiary/aromatic N) is 2. The predicted molar refractivity (Wildman–Crippen MR) is 215 cm³/mol. The molecule has 0 saturated carbocycles. The molecule has 0 aliphatic carbocycles. The summed E-state index contributed by atoms with van der Waals surface area (Å²) in [5, 5.41) is 12.2. The van der Waals surface area contributed by atoms with Crippen molar-refractivity contribution in [3.8, 4) is 11.5 Å². The monoisotopic (exact) mass is 752 g/mol. The van der Waals surface area contributed by atoms with E-state index >= 15 is 4.79 Å². The lowest BCUT2D eigenvalue weighted by atomic mass is 9.93. The van der Waals surface area contributed by atoms with Crippen molar-refractivity contribution in [3.63, 3.8) is 0 Å². The predicted octanol–water partition coefficient (Wildman–Crippen LogP) is 8.21. The summed E-state index contributed by atoms with van der Waals surface area (Å²) in [5.41, 5.74) is 3.03. The Morgan fingerprint density at radius 3 is 2.34 bits per heavy atom. The molecule has 1 N–H and O–H groups in total.